The van der Waals surface area contributed by atoms with Crippen molar-refractivity contribution in [2.75, 3.05) is 32.7 Å². The standard InChI is InChI=1S/C40H36N10O17S4.Na/c1-19-10-28(33(67-3)18-27(19)47-49-30-16-24(69(57,58)59)12-21-13-25(70(60,61)62)17-31(52)35(21)30)43-40-45-38(41-8-9-51)44-39(46-40)42-22-4-6-26-20(11-22)14-34(71(63,64)65)36(37(26)53)50-48-29-15-23(68(54,55)56)5-7-32(29)66-2;/h4-7,10-18,51-53H,8-9H2,1-3H3,(H,54,55,56)(H,57,58,59)(H,60,61,62)(H,63,64,65)(H3,41,42,43,44,45,46);/q;+1. The molecule has 0 saturated heterocycles. The van der Waals surface area contributed by atoms with Crippen LogP contribution in [-0.2, 0) is 40.5 Å². The van der Waals surface area contributed by atoms with Crippen LogP contribution in [0.4, 0.5) is 40.1 Å². The Morgan fingerprint density at radius 2 is 1.26 bits per heavy atom. The molecular formula is C40H36N10NaO17S4+. The maximum Gasteiger partial charge on any atom is 1.00 e. The number of nitrogens with zero attached hydrogens (tertiary/aromatic N) is 7. The zero-order valence-electron chi connectivity index (χ0n) is 37.4. The van der Waals surface area contributed by atoms with E-state index in [9.17, 15) is 67.2 Å². The summed E-state index contributed by atoms with van der Waals surface area (Å²) in [6.07, 6.45) is 0. The van der Waals surface area contributed by atoms with E-state index in [4.69, 9.17) is 9.47 Å². The number of azo groups is 2. The van der Waals surface area contributed by atoms with Gasteiger partial charge in [-0.15, -0.1) is 15.3 Å². The number of phenolic OH excluding ortho intramolecular Hbond substituents is 2. The fourth-order valence-corrected chi connectivity index (χ4v) is 8.90. The van der Waals surface area contributed by atoms with Gasteiger partial charge in [-0.1, -0.05) is 0 Å². The number of aliphatic hydroxyl groups is 1. The van der Waals surface area contributed by atoms with Crippen molar-refractivity contribution >= 4 is 102 Å². The molecule has 72 heavy (non-hydrogen) atoms. The molecule has 372 valence electrons. The summed E-state index contributed by atoms with van der Waals surface area (Å²) in [4.78, 5) is 15.9. The van der Waals surface area contributed by atoms with Gasteiger partial charge < -0.3 is 30.1 Å². The average Bonchev–Trinajstić information content (AvgIpc) is 3.28. The normalized spacial score (nSPS) is 13.1. The molecule has 0 saturated carbocycles. The first-order chi connectivity index (χ1) is 33.3. The minimum Gasteiger partial charge on any atom is -0.507 e. The van der Waals surface area contributed by atoms with Crippen LogP contribution in [0.2, 0.25) is 0 Å². The molecule has 10 N–H and O–H groups in total. The van der Waals surface area contributed by atoms with Crippen molar-refractivity contribution in [1.29, 1.82) is 0 Å². The molecule has 0 amide bonds. The Labute approximate surface area is 428 Å². The van der Waals surface area contributed by atoms with Gasteiger partial charge in [0, 0.05) is 23.2 Å². The van der Waals surface area contributed by atoms with Gasteiger partial charge in [-0.2, -0.15) is 43.8 Å². The molecule has 0 aliphatic carbocycles. The predicted octanol–water partition coefficient (Wildman–Crippen LogP) is 2.47. The number of aromatic nitrogens is 3. The number of ether oxygens (including phenoxy) is 2. The topological polar surface area (TPSA) is 427 Å². The van der Waals surface area contributed by atoms with E-state index in [0.29, 0.717) is 11.6 Å². The maximum absolute atomic E-state index is 12.6. The van der Waals surface area contributed by atoms with Crippen molar-refractivity contribution in [3.05, 3.63) is 95.7 Å². The van der Waals surface area contributed by atoms with Crippen LogP contribution in [0.25, 0.3) is 21.5 Å². The van der Waals surface area contributed by atoms with E-state index in [1.165, 1.54) is 44.6 Å². The second-order valence-corrected chi connectivity index (χ2v) is 20.3. The number of hydrogen-bond donors (Lipinski definition) is 10. The van der Waals surface area contributed by atoms with Crippen LogP contribution in [0.3, 0.4) is 0 Å². The smallest absolute Gasteiger partial charge is 0.507 e. The third kappa shape index (κ3) is 12.3. The van der Waals surface area contributed by atoms with Crippen LogP contribution in [0.15, 0.2) is 129 Å². The van der Waals surface area contributed by atoms with Crippen LogP contribution >= 0.6 is 0 Å². The molecule has 0 fully saturated rings. The Balaban J connectivity index is 0.00000847. The number of anilines is 2. The number of aromatic amines is 2. The van der Waals surface area contributed by atoms with E-state index in [0.717, 1.165) is 42.5 Å². The third-order valence-corrected chi connectivity index (χ3v) is 13.3. The number of hydrogen-bond acceptors (Lipinski definition) is 21. The molecule has 7 aromatic rings. The third-order valence-electron chi connectivity index (χ3n) is 9.89. The van der Waals surface area contributed by atoms with Gasteiger partial charge in [0.15, 0.2) is 5.75 Å². The molecule has 27 nitrogen and oxygen atoms in total. The predicted molar refractivity (Wildman–Crippen MR) is 249 cm³/mol. The number of rotatable bonds is 15. The maximum atomic E-state index is 12.6. The quantitative estimate of drug-likeness (QED) is 0.0400. The second-order valence-electron chi connectivity index (χ2n) is 14.7. The average molecular weight is 1080 g/mol. The summed E-state index contributed by atoms with van der Waals surface area (Å²) in [7, 11) is -17.1. The molecule has 0 aliphatic rings. The number of benzene rings is 6. The van der Waals surface area contributed by atoms with E-state index in [1.54, 1.807) is 6.92 Å². The number of fused-ring (bicyclic) bond motifs is 2. The summed E-state index contributed by atoms with van der Waals surface area (Å²) in [6, 6.07) is 14.4. The van der Waals surface area contributed by atoms with Crippen molar-refractivity contribution in [2.24, 2.45) is 30.4 Å². The number of methoxy groups -OCH3 is 2. The number of aryl methyl sites for hydroxylation is 1. The van der Waals surface area contributed by atoms with E-state index in [-0.39, 0.29) is 121 Å². The second kappa shape index (κ2) is 21.1. The number of aliphatic hydroxyl groups excluding tert-OH is 1. The van der Waals surface area contributed by atoms with Crippen molar-refractivity contribution < 1.29 is 106 Å². The Bertz CT molecular complexity index is 4010. The zero-order valence-corrected chi connectivity index (χ0v) is 42.7. The molecule has 7 rings (SSSR count). The van der Waals surface area contributed by atoms with Crippen molar-refractivity contribution in [2.45, 2.75) is 26.5 Å². The van der Waals surface area contributed by atoms with Crippen LogP contribution in [0, 0.1) is 6.92 Å². The largest absolute Gasteiger partial charge is 1.00 e. The monoisotopic (exact) mass is 1080 g/mol. The fourth-order valence-electron chi connectivity index (χ4n) is 6.67. The summed E-state index contributed by atoms with van der Waals surface area (Å²) in [5, 5.41) is 50.0. The molecule has 1 heterocycles. The molecule has 6 aromatic carbocycles. The van der Waals surface area contributed by atoms with Crippen LogP contribution in [0.5, 0.6) is 23.0 Å². The van der Waals surface area contributed by atoms with Crippen LogP contribution < -0.4 is 55.6 Å². The van der Waals surface area contributed by atoms with Crippen LogP contribution in [-0.4, -0.2) is 110 Å². The Kier molecular flexibility index (Phi) is 16.0. The Hall–Kier alpha value is -6.75. The zero-order chi connectivity index (χ0) is 51.8. The first-order valence-corrected chi connectivity index (χ1v) is 25.4. The number of phenols is 2. The minimum absolute atomic E-state index is 0. The van der Waals surface area contributed by atoms with Gasteiger partial charge in [-0.05, 0) is 90.0 Å². The van der Waals surface area contributed by atoms with Crippen molar-refractivity contribution in [3.63, 3.8) is 0 Å². The summed E-state index contributed by atoms with van der Waals surface area (Å²) >= 11 is 0. The van der Waals surface area contributed by atoms with Gasteiger partial charge in [0.2, 0.25) is 17.2 Å². The number of aromatic hydroxyl groups is 2. The summed E-state index contributed by atoms with van der Waals surface area (Å²) < 4.78 is 146. The minimum atomic E-state index is -5.12. The van der Waals surface area contributed by atoms with Gasteiger partial charge in [0.1, 0.15) is 39.2 Å². The molecular weight excluding hydrogens is 1040 g/mol. The van der Waals surface area contributed by atoms with Gasteiger partial charge in [-0.3, -0.25) is 28.2 Å². The SMILES string of the molecule is COc1ccc(S(=O)(=O)O)cc1N=Nc1c(S(=O)(=O)O)cc2cc(Nc3nc(=NCCO)[nH]c(=Nc4cc(C)c(N=Nc5cc(S(=O)(=O)O)cc6cc(S(=O)(=O)O)cc(O)c56)cc4OC)[nH]3)ccc2c1O.[Na+]. The molecule has 0 unspecified atom stereocenters. The van der Waals surface area contributed by atoms with Crippen LogP contribution in [0.1, 0.15) is 5.56 Å². The Morgan fingerprint density at radius 1 is 0.639 bits per heavy atom. The summed E-state index contributed by atoms with van der Waals surface area (Å²) in [5.41, 5.74) is -0.473. The molecule has 0 aliphatic heterocycles. The van der Waals surface area contributed by atoms with E-state index in [2.05, 4.69) is 50.7 Å². The van der Waals surface area contributed by atoms with E-state index < -0.39 is 77.2 Å². The summed E-state index contributed by atoms with van der Waals surface area (Å²) in [5.74, 6) is -1.45. The van der Waals surface area contributed by atoms with Crippen molar-refractivity contribution in [3.8, 4) is 23.0 Å². The first-order valence-electron chi connectivity index (χ1n) is 19.6. The molecule has 0 bridgehead atoms. The van der Waals surface area contributed by atoms with E-state index >= 15 is 0 Å². The molecule has 0 atom stereocenters. The number of H-pyrrole nitrogens is 2. The van der Waals surface area contributed by atoms with Crippen molar-refractivity contribution in [1.82, 2.24) is 15.0 Å². The molecule has 0 radical (unpaired) electrons. The van der Waals surface area contributed by atoms with Gasteiger partial charge in [0.05, 0.1) is 58.8 Å². The van der Waals surface area contributed by atoms with Gasteiger partial charge >= 0.3 is 29.6 Å². The molecule has 1 aromatic heterocycles. The summed E-state index contributed by atoms with van der Waals surface area (Å²) in [6.45, 7) is 1.15. The molecule has 32 heteroatoms. The van der Waals surface area contributed by atoms with Gasteiger partial charge in [-0.25, -0.2) is 9.98 Å². The van der Waals surface area contributed by atoms with Gasteiger partial charge in [0.25, 0.3) is 40.5 Å². The first kappa shape index (κ1) is 54.6. The Morgan fingerprint density at radius 3 is 1.89 bits per heavy atom. The fraction of sp³-hybridized carbons (Fsp3) is 0.125. The number of nitrogens with one attached hydrogen (secondary N) is 3. The van der Waals surface area contributed by atoms with E-state index in [1.807, 2.05) is 0 Å². The molecule has 0 spiro atoms.